The van der Waals surface area contributed by atoms with Gasteiger partial charge in [0.1, 0.15) is 10.6 Å². The molecular weight excluding hydrogens is 638 g/mol. The van der Waals surface area contributed by atoms with E-state index in [1.165, 1.54) is 37.6 Å². The fourth-order valence-corrected chi connectivity index (χ4v) is 8.44. The van der Waals surface area contributed by atoms with E-state index in [0.717, 1.165) is 18.4 Å². The van der Waals surface area contributed by atoms with Crippen molar-refractivity contribution in [3.63, 3.8) is 0 Å². The number of aromatic nitrogens is 1. The zero-order valence-corrected chi connectivity index (χ0v) is 26.9. The Labute approximate surface area is 277 Å². The Morgan fingerprint density at radius 2 is 1.70 bits per heavy atom. The molecule has 2 atom stereocenters. The lowest BCUT2D eigenvalue weighted by molar-refractivity contribution is -0.132. The molecule has 238 valence electrons. The lowest BCUT2D eigenvalue weighted by Crippen LogP contribution is -2.50. The third-order valence-electron chi connectivity index (χ3n) is 8.83. The molecule has 9 nitrogen and oxygen atoms in total. The summed E-state index contributed by atoms with van der Waals surface area (Å²) in [6.07, 6.45) is 2.33. The number of para-hydroxylation sites is 2. The number of piperidine rings is 1. The molecule has 1 aromatic heterocycles. The molecule has 7 rings (SSSR count). The number of methoxy groups -OCH3 is 1. The van der Waals surface area contributed by atoms with Gasteiger partial charge in [0.25, 0.3) is 15.9 Å². The Balaban J connectivity index is 1.39. The predicted molar refractivity (Wildman–Crippen MR) is 178 cm³/mol. The summed E-state index contributed by atoms with van der Waals surface area (Å²) in [5.74, 6) is -0.708. The number of carbonyl (C=O) groups excluding carboxylic acids is 2. The molecule has 2 amide bonds. The van der Waals surface area contributed by atoms with Crippen LogP contribution in [0.3, 0.4) is 0 Å². The van der Waals surface area contributed by atoms with E-state index in [-0.39, 0.29) is 43.9 Å². The van der Waals surface area contributed by atoms with Crippen LogP contribution < -0.4 is 9.04 Å². The molecule has 11 heteroatoms. The maximum atomic E-state index is 15.1. The van der Waals surface area contributed by atoms with Crippen LogP contribution in [0.5, 0.6) is 5.75 Å². The van der Waals surface area contributed by atoms with E-state index in [4.69, 9.17) is 21.1 Å². The van der Waals surface area contributed by atoms with E-state index >= 15 is 4.79 Å². The number of anilines is 1. The van der Waals surface area contributed by atoms with Gasteiger partial charge in [-0.25, -0.2) is 13.2 Å². The molecule has 0 bridgehead atoms. The minimum atomic E-state index is -4.61. The average molecular weight is 668 g/mol. The third kappa shape index (κ3) is 5.08. The molecule has 0 N–H and O–H groups in total. The third-order valence-corrected chi connectivity index (χ3v) is 10.8. The van der Waals surface area contributed by atoms with Crippen LogP contribution in [0.15, 0.2) is 114 Å². The van der Waals surface area contributed by atoms with Crippen LogP contribution >= 0.6 is 11.6 Å². The summed E-state index contributed by atoms with van der Waals surface area (Å²) < 4.78 is 42.0. The summed E-state index contributed by atoms with van der Waals surface area (Å²) in [7, 11) is -3.18. The normalized spacial score (nSPS) is 19.4. The topological polar surface area (TPSA) is 106 Å². The standard InChI is InChI=1S/C36H30ClN3O6S/c1-45-31-16-6-5-15-28(31)36(46-35(42)39-21-9-14-26(23-39)24-10-3-2-4-11-24)29-22-27(37)18-19-30(29)40(34(36)41)47(43,44)32-17-7-12-25-13-8-20-38-33(25)32/h2-8,10-13,15-20,22,26H,9,14,21,23H2,1H3. The zero-order valence-electron chi connectivity index (χ0n) is 25.4. The Bertz CT molecular complexity index is 2120. The molecule has 2 aliphatic rings. The minimum absolute atomic E-state index is 0.00634. The number of likely N-dealkylation sites (tertiary alicyclic amines) is 1. The highest BCUT2D eigenvalue weighted by Gasteiger charge is 2.61. The average Bonchev–Trinajstić information content (AvgIpc) is 3.35. The maximum Gasteiger partial charge on any atom is 0.411 e. The quantitative estimate of drug-likeness (QED) is 0.194. The molecule has 0 spiro atoms. The van der Waals surface area contributed by atoms with Crippen molar-refractivity contribution in [1.29, 1.82) is 0 Å². The van der Waals surface area contributed by atoms with E-state index in [1.54, 1.807) is 53.4 Å². The molecule has 4 aromatic carbocycles. The lowest BCUT2D eigenvalue weighted by Gasteiger charge is -2.36. The zero-order chi connectivity index (χ0) is 32.8. The summed E-state index contributed by atoms with van der Waals surface area (Å²) in [6, 6.07) is 29.1. The first-order chi connectivity index (χ1) is 22.8. The van der Waals surface area contributed by atoms with Crippen molar-refractivity contribution >= 4 is 50.2 Å². The molecule has 0 saturated carbocycles. The fourth-order valence-electron chi connectivity index (χ4n) is 6.64. The Morgan fingerprint density at radius 1 is 0.936 bits per heavy atom. The van der Waals surface area contributed by atoms with Crippen LogP contribution in [0.25, 0.3) is 10.9 Å². The molecule has 0 aliphatic carbocycles. The van der Waals surface area contributed by atoms with Gasteiger partial charge < -0.3 is 14.4 Å². The number of hydrogen-bond donors (Lipinski definition) is 0. The van der Waals surface area contributed by atoms with Crippen molar-refractivity contribution in [3.8, 4) is 5.75 Å². The number of pyridine rings is 1. The molecule has 2 aliphatic heterocycles. The first kappa shape index (κ1) is 30.7. The second-order valence-electron chi connectivity index (χ2n) is 11.5. The first-order valence-corrected chi connectivity index (χ1v) is 17.0. The molecule has 1 saturated heterocycles. The number of halogens is 1. The van der Waals surface area contributed by atoms with E-state index in [1.807, 2.05) is 30.3 Å². The number of sulfonamides is 1. The van der Waals surface area contributed by atoms with Crippen molar-refractivity contribution in [1.82, 2.24) is 9.88 Å². The first-order valence-electron chi connectivity index (χ1n) is 15.2. The fraction of sp³-hybridized carbons (Fsp3) is 0.194. The van der Waals surface area contributed by atoms with Crippen molar-refractivity contribution in [3.05, 3.63) is 131 Å². The van der Waals surface area contributed by atoms with Crippen LogP contribution in [0.1, 0.15) is 35.4 Å². The number of rotatable bonds is 6. The number of amides is 2. The van der Waals surface area contributed by atoms with E-state index in [2.05, 4.69) is 4.98 Å². The van der Waals surface area contributed by atoms with Gasteiger partial charge in [0, 0.05) is 41.2 Å². The number of ether oxygens (including phenoxy) is 2. The summed E-state index contributed by atoms with van der Waals surface area (Å²) in [5, 5.41) is 0.803. The van der Waals surface area contributed by atoms with Gasteiger partial charge in [0.2, 0.25) is 5.60 Å². The highest BCUT2D eigenvalue weighted by atomic mass is 35.5. The van der Waals surface area contributed by atoms with Crippen LogP contribution in [-0.2, 0) is 25.2 Å². The van der Waals surface area contributed by atoms with Gasteiger partial charge in [-0.2, -0.15) is 4.31 Å². The van der Waals surface area contributed by atoms with Crippen molar-refractivity contribution in [2.75, 3.05) is 24.5 Å². The van der Waals surface area contributed by atoms with Gasteiger partial charge in [-0.1, -0.05) is 78.3 Å². The van der Waals surface area contributed by atoms with E-state index in [0.29, 0.717) is 22.8 Å². The molecule has 1 fully saturated rings. The molecular formula is C36H30ClN3O6S. The molecule has 5 aromatic rings. The highest BCUT2D eigenvalue weighted by Crippen LogP contribution is 2.52. The van der Waals surface area contributed by atoms with Crippen LogP contribution in [0.2, 0.25) is 5.02 Å². The minimum Gasteiger partial charge on any atom is -0.496 e. The number of fused-ring (bicyclic) bond motifs is 2. The summed E-state index contributed by atoms with van der Waals surface area (Å²) in [5.41, 5.74) is -0.693. The Morgan fingerprint density at radius 3 is 2.51 bits per heavy atom. The number of nitrogens with zero attached hydrogens (tertiary/aromatic N) is 3. The van der Waals surface area contributed by atoms with Gasteiger partial charge in [0.15, 0.2) is 0 Å². The Hall–Kier alpha value is -4.93. The maximum absolute atomic E-state index is 15.1. The van der Waals surface area contributed by atoms with Gasteiger partial charge in [-0.3, -0.25) is 9.78 Å². The summed E-state index contributed by atoms with van der Waals surface area (Å²) >= 11 is 6.52. The van der Waals surface area contributed by atoms with Gasteiger partial charge in [-0.15, -0.1) is 0 Å². The SMILES string of the molecule is COc1ccccc1C1(OC(=O)N2CCCC(c3ccccc3)C2)C(=O)N(S(=O)(=O)c2cccc3cccnc23)c2ccc(Cl)cc21. The van der Waals surface area contributed by atoms with Crippen LogP contribution in [0.4, 0.5) is 10.5 Å². The molecule has 2 unspecified atom stereocenters. The smallest absolute Gasteiger partial charge is 0.411 e. The largest absolute Gasteiger partial charge is 0.496 e. The molecule has 0 radical (unpaired) electrons. The monoisotopic (exact) mass is 667 g/mol. The number of hydrogen-bond acceptors (Lipinski definition) is 7. The summed E-state index contributed by atoms with van der Waals surface area (Å²) in [6.45, 7) is 0.773. The number of benzene rings is 4. The Kier molecular flexibility index (Phi) is 7.85. The number of carbonyl (C=O) groups is 2. The lowest BCUT2D eigenvalue weighted by atomic mass is 9.86. The summed E-state index contributed by atoms with van der Waals surface area (Å²) in [4.78, 5) is 35.0. The van der Waals surface area contributed by atoms with Gasteiger partial charge >= 0.3 is 6.09 Å². The molecule has 47 heavy (non-hydrogen) atoms. The van der Waals surface area contributed by atoms with Crippen LogP contribution in [0, 0.1) is 0 Å². The van der Waals surface area contributed by atoms with Gasteiger partial charge in [-0.05, 0) is 54.8 Å². The van der Waals surface area contributed by atoms with Crippen molar-refractivity contribution < 1.29 is 27.5 Å². The van der Waals surface area contributed by atoms with E-state index in [9.17, 15) is 13.2 Å². The van der Waals surface area contributed by atoms with E-state index < -0.39 is 27.6 Å². The van der Waals surface area contributed by atoms with Crippen LogP contribution in [-0.4, -0.2) is 50.5 Å². The second-order valence-corrected chi connectivity index (χ2v) is 13.7. The van der Waals surface area contributed by atoms with Crippen molar-refractivity contribution in [2.45, 2.75) is 29.3 Å². The predicted octanol–water partition coefficient (Wildman–Crippen LogP) is 6.89. The van der Waals surface area contributed by atoms with Gasteiger partial charge in [0.05, 0.1) is 23.9 Å². The molecule has 3 heterocycles. The van der Waals surface area contributed by atoms with Crippen molar-refractivity contribution in [2.24, 2.45) is 0 Å². The second kappa shape index (κ2) is 12.0. The highest BCUT2D eigenvalue weighted by molar-refractivity contribution is 7.93.